The van der Waals surface area contributed by atoms with Crippen LogP contribution in [0.1, 0.15) is 17.3 Å². The smallest absolute Gasteiger partial charge is 0.339 e. The average molecular weight is 471 g/mol. The maximum absolute atomic E-state index is 12.6. The molecule has 2 rings (SSSR count). The van der Waals surface area contributed by atoms with Gasteiger partial charge in [0.2, 0.25) is 15.9 Å². The van der Waals surface area contributed by atoms with Gasteiger partial charge in [-0.25, -0.2) is 13.2 Å². The summed E-state index contributed by atoms with van der Waals surface area (Å²) in [4.78, 5) is 24.6. The zero-order valence-electron chi connectivity index (χ0n) is 17.5. The molecule has 0 saturated heterocycles. The van der Waals surface area contributed by atoms with Crippen molar-refractivity contribution in [3.8, 4) is 11.5 Å². The van der Waals surface area contributed by atoms with Gasteiger partial charge in [0, 0.05) is 11.8 Å². The quantitative estimate of drug-likeness (QED) is 0.561. The first-order valence-corrected chi connectivity index (χ1v) is 11.3. The molecule has 0 unspecified atom stereocenters. The summed E-state index contributed by atoms with van der Waals surface area (Å²) >= 11 is 6.02. The average Bonchev–Trinajstić information content (AvgIpc) is 2.72. The molecule has 168 valence electrons. The van der Waals surface area contributed by atoms with E-state index in [2.05, 4.69) is 5.32 Å². The highest BCUT2D eigenvalue weighted by Gasteiger charge is 2.25. The highest BCUT2D eigenvalue weighted by Crippen LogP contribution is 2.33. The fourth-order valence-electron chi connectivity index (χ4n) is 2.67. The van der Waals surface area contributed by atoms with Gasteiger partial charge in [0.1, 0.15) is 18.0 Å². The van der Waals surface area contributed by atoms with E-state index in [1.165, 1.54) is 44.6 Å². The van der Waals surface area contributed by atoms with E-state index in [0.717, 1.165) is 10.6 Å². The van der Waals surface area contributed by atoms with Crippen LogP contribution in [0, 0.1) is 0 Å². The van der Waals surface area contributed by atoms with Gasteiger partial charge in [0.15, 0.2) is 0 Å². The van der Waals surface area contributed by atoms with Crippen LogP contribution in [0.15, 0.2) is 36.4 Å². The second-order valence-electron chi connectivity index (χ2n) is 6.27. The normalized spacial score (nSPS) is 10.9. The van der Waals surface area contributed by atoms with Crippen LogP contribution >= 0.6 is 11.6 Å². The molecule has 31 heavy (non-hydrogen) atoms. The highest BCUT2D eigenvalue weighted by atomic mass is 35.5. The Hall–Kier alpha value is -2.98. The molecule has 0 radical (unpaired) electrons. The molecule has 2 aromatic rings. The lowest BCUT2D eigenvalue weighted by molar-refractivity contribution is -0.114. The van der Waals surface area contributed by atoms with Crippen molar-refractivity contribution >= 4 is 44.9 Å². The van der Waals surface area contributed by atoms with Crippen LogP contribution in [0.5, 0.6) is 11.5 Å². The van der Waals surface area contributed by atoms with Gasteiger partial charge in [-0.1, -0.05) is 11.6 Å². The molecule has 2 aromatic carbocycles. The number of amides is 1. The van der Waals surface area contributed by atoms with E-state index in [-0.39, 0.29) is 34.3 Å². The van der Waals surface area contributed by atoms with Gasteiger partial charge in [-0.3, -0.25) is 9.10 Å². The molecule has 1 N–H and O–H groups in total. The Labute approximate surface area is 185 Å². The molecule has 11 heteroatoms. The van der Waals surface area contributed by atoms with E-state index >= 15 is 0 Å². The van der Waals surface area contributed by atoms with E-state index in [1.54, 1.807) is 13.0 Å². The molecule has 0 heterocycles. The summed E-state index contributed by atoms with van der Waals surface area (Å²) in [7, 11) is -0.993. The Morgan fingerprint density at radius 1 is 1.10 bits per heavy atom. The lowest BCUT2D eigenvalue weighted by Crippen LogP contribution is -2.37. The number of anilines is 2. The van der Waals surface area contributed by atoms with Crippen molar-refractivity contribution in [1.29, 1.82) is 0 Å². The van der Waals surface area contributed by atoms with Crippen molar-refractivity contribution in [3.63, 3.8) is 0 Å². The first-order chi connectivity index (χ1) is 14.6. The molecule has 1 amide bonds. The summed E-state index contributed by atoms with van der Waals surface area (Å²) in [5.74, 6) is -0.593. The Morgan fingerprint density at radius 2 is 1.81 bits per heavy atom. The molecule has 0 spiro atoms. The third-order valence-corrected chi connectivity index (χ3v) is 5.54. The van der Waals surface area contributed by atoms with Crippen molar-refractivity contribution in [2.45, 2.75) is 6.92 Å². The summed E-state index contributed by atoms with van der Waals surface area (Å²) in [5, 5.41) is 2.73. The van der Waals surface area contributed by atoms with Gasteiger partial charge in [-0.2, -0.15) is 0 Å². The summed E-state index contributed by atoms with van der Waals surface area (Å²) < 4.78 is 41.0. The van der Waals surface area contributed by atoms with Crippen molar-refractivity contribution in [2.24, 2.45) is 0 Å². The number of ether oxygens (including phenoxy) is 3. The number of esters is 1. The van der Waals surface area contributed by atoms with Crippen LogP contribution in [-0.4, -0.2) is 53.9 Å². The minimum Gasteiger partial charge on any atom is -0.497 e. The number of nitrogens with one attached hydrogen (secondary N) is 1. The summed E-state index contributed by atoms with van der Waals surface area (Å²) in [5.41, 5.74) is 0.509. The molecule has 0 aliphatic carbocycles. The Kier molecular flexibility index (Phi) is 8.12. The minimum absolute atomic E-state index is 0.0816. The first-order valence-electron chi connectivity index (χ1n) is 9.07. The number of nitrogens with zero attached hydrogens (tertiary/aromatic N) is 1. The highest BCUT2D eigenvalue weighted by molar-refractivity contribution is 7.92. The minimum atomic E-state index is -3.84. The van der Waals surface area contributed by atoms with Crippen LogP contribution < -0.4 is 19.1 Å². The van der Waals surface area contributed by atoms with Gasteiger partial charge in [0.05, 0.1) is 43.4 Å². The number of rotatable bonds is 9. The second kappa shape index (κ2) is 10.4. The molecule has 0 aromatic heterocycles. The monoisotopic (exact) mass is 470 g/mol. The fraction of sp³-hybridized carbons (Fsp3) is 0.300. The van der Waals surface area contributed by atoms with Crippen LogP contribution in [0.2, 0.25) is 5.02 Å². The number of hydrogen-bond donors (Lipinski definition) is 1. The number of halogens is 1. The van der Waals surface area contributed by atoms with E-state index in [1.807, 2.05) is 0 Å². The van der Waals surface area contributed by atoms with Gasteiger partial charge in [-0.05, 0) is 37.3 Å². The zero-order chi connectivity index (χ0) is 23.2. The Balaban J connectivity index is 2.29. The number of carbonyl (C=O) groups is 2. The number of carbonyl (C=O) groups excluding carboxylic acids is 2. The van der Waals surface area contributed by atoms with Crippen molar-refractivity contribution in [2.75, 3.05) is 43.2 Å². The van der Waals surface area contributed by atoms with Crippen LogP contribution in [0.4, 0.5) is 11.4 Å². The third-order valence-electron chi connectivity index (χ3n) is 4.09. The summed E-state index contributed by atoms with van der Waals surface area (Å²) in [6, 6.07) is 8.82. The van der Waals surface area contributed by atoms with Crippen molar-refractivity contribution in [1.82, 2.24) is 0 Å². The molecule has 0 aliphatic rings. The maximum Gasteiger partial charge on any atom is 0.339 e. The SMILES string of the molecule is CCOC(=O)c1cc(NC(=O)CN(c2ccc(OC)cc2OC)S(C)(=O)=O)ccc1Cl. The second-order valence-corrected chi connectivity index (χ2v) is 8.58. The Bertz CT molecular complexity index is 1070. The van der Waals surface area contributed by atoms with E-state index in [0.29, 0.717) is 5.75 Å². The Morgan fingerprint density at radius 3 is 2.39 bits per heavy atom. The molecule has 9 nitrogen and oxygen atoms in total. The van der Waals surface area contributed by atoms with Crippen LogP contribution in [-0.2, 0) is 19.6 Å². The standard InChI is InChI=1S/C20H23ClN2O7S/c1-5-30-20(25)15-10-13(6-8-16(15)21)22-19(24)12-23(31(4,26)27)17-9-7-14(28-2)11-18(17)29-3/h6-11H,5,12H2,1-4H3,(H,22,24). The molecular weight excluding hydrogens is 448 g/mol. The predicted octanol–water partition coefficient (Wildman–Crippen LogP) is 2.94. The van der Waals surface area contributed by atoms with Gasteiger partial charge < -0.3 is 19.5 Å². The molecular formula is C20H23ClN2O7S. The largest absolute Gasteiger partial charge is 0.497 e. The molecule has 0 aliphatic heterocycles. The lowest BCUT2D eigenvalue weighted by atomic mass is 10.2. The predicted molar refractivity (Wildman–Crippen MR) is 118 cm³/mol. The molecule has 0 atom stereocenters. The molecule has 0 bridgehead atoms. The molecule has 0 fully saturated rings. The van der Waals surface area contributed by atoms with E-state index in [4.69, 9.17) is 25.8 Å². The number of methoxy groups -OCH3 is 2. The van der Waals surface area contributed by atoms with Gasteiger partial charge in [0.25, 0.3) is 0 Å². The molecule has 0 saturated carbocycles. The van der Waals surface area contributed by atoms with Crippen molar-refractivity contribution < 1.29 is 32.2 Å². The number of sulfonamides is 1. The number of hydrogen-bond acceptors (Lipinski definition) is 7. The van der Waals surface area contributed by atoms with Crippen LogP contribution in [0.25, 0.3) is 0 Å². The summed E-state index contributed by atoms with van der Waals surface area (Å²) in [6.07, 6.45) is 0.977. The summed E-state index contributed by atoms with van der Waals surface area (Å²) in [6.45, 7) is 1.29. The van der Waals surface area contributed by atoms with E-state index in [9.17, 15) is 18.0 Å². The van der Waals surface area contributed by atoms with E-state index < -0.39 is 28.4 Å². The zero-order valence-corrected chi connectivity index (χ0v) is 19.0. The van der Waals surface area contributed by atoms with Crippen LogP contribution in [0.3, 0.4) is 0 Å². The van der Waals surface area contributed by atoms with Crippen molar-refractivity contribution in [3.05, 3.63) is 47.0 Å². The fourth-order valence-corrected chi connectivity index (χ4v) is 3.73. The third kappa shape index (κ3) is 6.25. The lowest BCUT2D eigenvalue weighted by Gasteiger charge is -2.24. The van der Waals surface area contributed by atoms with Gasteiger partial charge in [-0.15, -0.1) is 0 Å². The maximum atomic E-state index is 12.6. The van der Waals surface area contributed by atoms with Gasteiger partial charge >= 0.3 is 5.97 Å². The topological polar surface area (TPSA) is 111 Å². The first kappa shape index (κ1) is 24.3. The number of benzene rings is 2.